The minimum absolute atomic E-state index is 0.712. The van der Waals surface area contributed by atoms with Gasteiger partial charge in [-0.2, -0.15) is 0 Å². The fraction of sp³-hybridized carbons (Fsp3) is 0.333. The summed E-state index contributed by atoms with van der Waals surface area (Å²) >= 11 is 6.84. The van der Waals surface area contributed by atoms with E-state index in [1.807, 2.05) is 18.2 Å². The van der Waals surface area contributed by atoms with Gasteiger partial charge in [0.05, 0.1) is 11.9 Å². The van der Waals surface area contributed by atoms with Crippen LogP contribution in [0.2, 0.25) is 0 Å². The van der Waals surface area contributed by atoms with Gasteiger partial charge in [0, 0.05) is 15.5 Å². The summed E-state index contributed by atoms with van der Waals surface area (Å²) in [4.78, 5) is 0. The second-order valence-electron chi connectivity index (χ2n) is 3.96. The molecule has 0 fully saturated rings. The molecule has 0 spiro atoms. The first kappa shape index (κ1) is 13.7. The Hall–Kier alpha value is -0.720. The first-order valence-electron chi connectivity index (χ1n) is 5.65. The van der Waals surface area contributed by atoms with Crippen molar-refractivity contribution in [1.29, 1.82) is 0 Å². The highest BCUT2D eigenvalue weighted by Crippen LogP contribution is 2.29. The smallest absolute Gasteiger partial charge is 0.122 e. The van der Waals surface area contributed by atoms with Gasteiger partial charge in [0.15, 0.2) is 0 Å². The number of halogens is 2. The molecule has 96 valence electrons. The maximum atomic E-state index is 10.4. The number of hydrogen-bond acceptors (Lipinski definition) is 3. The second-order valence-corrected chi connectivity index (χ2v) is 5.67. The first-order chi connectivity index (χ1) is 8.63. The highest BCUT2D eigenvalue weighted by molar-refractivity contribution is 9.13. The van der Waals surface area contributed by atoms with Crippen molar-refractivity contribution in [2.75, 3.05) is 0 Å². The van der Waals surface area contributed by atoms with Crippen LogP contribution in [0.25, 0.3) is 0 Å². The molecule has 0 aliphatic heterocycles. The van der Waals surface area contributed by atoms with Crippen molar-refractivity contribution in [3.05, 3.63) is 44.6 Å². The lowest BCUT2D eigenvalue weighted by atomic mass is 10.1. The van der Waals surface area contributed by atoms with Gasteiger partial charge >= 0.3 is 0 Å². The highest BCUT2D eigenvalue weighted by Gasteiger charge is 2.16. The van der Waals surface area contributed by atoms with E-state index in [1.165, 1.54) is 0 Å². The molecule has 1 aromatic carbocycles. The zero-order valence-corrected chi connectivity index (χ0v) is 13.0. The lowest BCUT2D eigenvalue weighted by Crippen LogP contribution is -2.10. The SMILES string of the molecule is CCCn1nncc1C(O)c1ccc(Br)c(Br)c1. The molecule has 0 saturated carbocycles. The summed E-state index contributed by atoms with van der Waals surface area (Å²) in [7, 11) is 0. The maximum Gasteiger partial charge on any atom is 0.122 e. The van der Waals surface area contributed by atoms with Crippen LogP contribution in [-0.4, -0.2) is 20.1 Å². The number of nitrogens with zero attached hydrogens (tertiary/aromatic N) is 3. The average molecular weight is 375 g/mol. The molecule has 18 heavy (non-hydrogen) atoms. The van der Waals surface area contributed by atoms with Gasteiger partial charge in [0.1, 0.15) is 6.10 Å². The maximum absolute atomic E-state index is 10.4. The van der Waals surface area contributed by atoms with E-state index in [9.17, 15) is 5.11 Å². The van der Waals surface area contributed by atoms with Crippen LogP contribution in [0.3, 0.4) is 0 Å². The van der Waals surface area contributed by atoms with E-state index < -0.39 is 6.10 Å². The summed E-state index contributed by atoms with van der Waals surface area (Å²) in [5.74, 6) is 0. The molecule has 2 rings (SSSR count). The van der Waals surface area contributed by atoms with Crippen LogP contribution in [0.4, 0.5) is 0 Å². The van der Waals surface area contributed by atoms with Crippen molar-refractivity contribution in [1.82, 2.24) is 15.0 Å². The predicted molar refractivity (Wildman–Crippen MR) is 76.2 cm³/mol. The quantitative estimate of drug-likeness (QED) is 0.893. The Morgan fingerprint density at radius 3 is 2.78 bits per heavy atom. The molecule has 0 aliphatic rings. The molecule has 6 heteroatoms. The third kappa shape index (κ3) is 2.81. The highest BCUT2D eigenvalue weighted by atomic mass is 79.9. The van der Waals surface area contributed by atoms with Gasteiger partial charge < -0.3 is 5.11 Å². The first-order valence-corrected chi connectivity index (χ1v) is 7.23. The Balaban J connectivity index is 2.32. The van der Waals surface area contributed by atoms with Gasteiger partial charge in [0.2, 0.25) is 0 Å². The summed E-state index contributed by atoms with van der Waals surface area (Å²) in [6.07, 6.45) is 1.85. The number of aliphatic hydroxyl groups excluding tert-OH is 1. The van der Waals surface area contributed by atoms with E-state index in [2.05, 4.69) is 49.1 Å². The molecule has 0 saturated heterocycles. The van der Waals surface area contributed by atoms with Crippen molar-refractivity contribution in [2.24, 2.45) is 0 Å². The van der Waals surface area contributed by atoms with Gasteiger partial charge in [-0.15, -0.1) is 5.10 Å². The zero-order valence-electron chi connectivity index (χ0n) is 9.85. The monoisotopic (exact) mass is 373 g/mol. The van der Waals surface area contributed by atoms with Crippen molar-refractivity contribution < 1.29 is 5.11 Å². The van der Waals surface area contributed by atoms with Gasteiger partial charge in [-0.1, -0.05) is 18.2 Å². The second kappa shape index (κ2) is 5.95. The fourth-order valence-electron chi connectivity index (χ4n) is 1.72. The van der Waals surface area contributed by atoms with E-state index >= 15 is 0 Å². The topological polar surface area (TPSA) is 50.9 Å². The molecule has 2 aromatic rings. The third-order valence-electron chi connectivity index (χ3n) is 2.62. The average Bonchev–Trinajstić information content (AvgIpc) is 2.80. The minimum Gasteiger partial charge on any atom is -0.382 e. The van der Waals surface area contributed by atoms with E-state index in [-0.39, 0.29) is 0 Å². The standard InChI is InChI=1S/C12H13Br2N3O/c1-2-5-17-11(7-15-16-17)12(18)8-3-4-9(13)10(14)6-8/h3-4,6-7,12,18H,2,5H2,1H3. The number of aryl methyl sites for hydroxylation is 1. The number of aliphatic hydroxyl groups is 1. The Bertz CT molecular complexity index is 542. The number of rotatable bonds is 4. The number of hydrogen-bond donors (Lipinski definition) is 1. The van der Waals surface area contributed by atoms with Crippen LogP contribution in [0.15, 0.2) is 33.3 Å². The molecule has 0 aliphatic carbocycles. The van der Waals surface area contributed by atoms with E-state index in [1.54, 1.807) is 10.9 Å². The van der Waals surface area contributed by atoms with Crippen molar-refractivity contribution in [3.8, 4) is 0 Å². The van der Waals surface area contributed by atoms with Gasteiger partial charge in [0.25, 0.3) is 0 Å². The van der Waals surface area contributed by atoms with Gasteiger partial charge in [-0.05, 0) is 56.0 Å². The molecular formula is C12H13Br2N3O. The zero-order chi connectivity index (χ0) is 13.1. The Morgan fingerprint density at radius 2 is 2.11 bits per heavy atom. The fourth-order valence-corrected chi connectivity index (χ4v) is 2.36. The predicted octanol–water partition coefficient (Wildman–Crippen LogP) is 3.29. The van der Waals surface area contributed by atoms with Gasteiger partial charge in [-0.3, -0.25) is 0 Å². The molecule has 1 atom stereocenters. The molecule has 1 N–H and O–H groups in total. The minimum atomic E-state index is -0.712. The van der Waals surface area contributed by atoms with Crippen molar-refractivity contribution in [2.45, 2.75) is 26.0 Å². The molecule has 0 amide bonds. The molecule has 1 unspecified atom stereocenters. The molecule has 1 aromatic heterocycles. The summed E-state index contributed by atoms with van der Waals surface area (Å²) in [6, 6.07) is 5.66. The molecule has 0 radical (unpaired) electrons. The molecular weight excluding hydrogens is 362 g/mol. The van der Waals surface area contributed by atoms with Crippen LogP contribution >= 0.6 is 31.9 Å². The molecule has 0 bridgehead atoms. The Kier molecular flexibility index (Phi) is 4.53. The summed E-state index contributed by atoms with van der Waals surface area (Å²) in [5.41, 5.74) is 1.52. The third-order valence-corrected chi connectivity index (χ3v) is 4.50. The van der Waals surface area contributed by atoms with Crippen LogP contribution in [-0.2, 0) is 6.54 Å². The Morgan fingerprint density at radius 1 is 1.33 bits per heavy atom. The van der Waals surface area contributed by atoms with Crippen LogP contribution in [0.5, 0.6) is 0 Å². The summed E-state index contributed by atoms with van der Waals surface area (Å²) in [5, 5.41) is 18.2. The number of aromatic nitrogens is 3. The molecule has 4 nitrogen and oxygen atoms in total. The van der Waals surface area contributed by atoms with E-state index in [4.69, 9.17) is 0 Å². The van der Waals surface area contributed by atoms with Crippen LogP contribution in [0.1, 0.15) is 30.7 Å². The lowest BCUT2D eigenvalue weighted by Gasteiger charge is -2.13. The Labute approximate surface area is 122 Å². The van der Waals surface area contributed by atoms with Crippen LogP contribution in [0, 0.1) is 0 Å². The lowest BCUT2D eigenvalue weighted by molar-refractivity contribution is 0.207. The van der Waals surface area contributed by atoms with Crippen molar-refractivity contribution >= 4 is 31.9 Å². The largest absolute Gasteiger partial charge is 0.382 e. The van der Waals surface area contributed by atoms with Gasteiger partial charge in [-0.25, -0.2) is 4.68 Å². The molecule has 1 heterocycles. The summed E-state index contributed by atoms with van der Waals surface area (Å²) < 4.78 is 3.60. The van der Waals surface area contributed by atoms with E-state index in [0.29, 0.717) is 5.69 Å². The van der Waals surface area contributed by atoms with Crippen molar-refractivity contribution in [3.63, 3.8) is 0 Å². The number of benzene rings is 1. The normalized spacial score (nSPS) is 12.7. The summed E-state index contributed by atoms with van der Waals surface area (Å²) in [6.45, 7) is 2.82. The van der Waals surface area contributed by atoms with Crippen LogP contribution < -0.4 is 0 Å². The van der Waals surface area contributed by atoms with E-state index in [0.717, 1.165) is 27.5 Å².